The third-order valence-corrected chi connectivity index (χ3v) is 4.32. The summed E-state index contributed by atoms with van der Waals surface area (Å²) in [5.41, 5.74) is 2.73. The Morgan fingerprint density at radius 3 is 2.62 bits per heavy atom. The molecule has 136 valence electrons. The minimum atomic E-state index is -0.356. The molecule has 0 spiro atoms. The topological polar surface area (TPSA) is 68.3 Å². The summed E-state index contributed by atoms with van der Waals surface area (Å²) in [6.07, 6.45) is 2.50. The summed E-state index contributed by atoms with van der Waals surface area (Å²) in [5.74, 6) is 1.50. The van der Waals surface area contributed by atoms with Gasteiger partial charge in [0.05, 0.1) is 18.4 Å². The van der Waals surface area contributed by atoms with E-state index in [2.05, 4.69) is 29.4 Å². The molecule has 1 amide bonds. The zero-order valence-electron chi connectivity index (χ0n) is 15.6. The van der Waals surface area contributed by atoms with Crippen molar-refractivity contribution in [2.75, 3.05) is 0 Å². The Morgan fingerprint density at radius 2 is 1.92 bits per heavy atom. The summed E-state index contributed by atoms with van der Waals surface area (Å²) in [7, 11) is 0. The first-order valence-electron chi connectivity index (χ1n) is 8.70. The van der Waals surface area contributed by atoms with Gasteiger partial charge in [-0.1, -0.05) is 24.3 Å². The zero-order valence-corrected chi connectivity index (χ0v) is 15.6. The number of amides is 1. The second-order valence-electron chi connectivity index (χ2n) is 7.21. The minimum absolute atomic E-state index is 0.0778. The lowest BCUT2D eigenvalue weighted by Gasteiger charge is -2.27. The molecule has 1 aromatic carbocycles. The molecule has 2 heterocycles. The molecule has 0 saturated heterocycles. The number of hydrogen-bond acceptors (Lipinski definition) is 4. The van der Waals surface area contributed by atoms with Gasteiger partial charge in [0, 0.05) is 5.54 Å². The van der Waals surface area contributed by atoms with E-state index in [0.29, 0.717) is 23.1 Å². The average Bonchev–Trinajstić information content (AvgIpc) is 3.19. The van der Waals surface area contributed by atoms with E-state index in [0.717, 1.165) is 6.42 Å². The molecular formula is C21H24N2O3. The SMILES string of the molecule is Cc1ccccc1CC(C)(C)NC(=O)Cc1nc(-c2ccco2)oc1C. The number of carbonyl (C=O) groups is 1. The summed E-state index contributed by atoms with van der Waals surface area (Å²) in [6, 6.07) is 11.8. The highest BCUT2D eigenvalue weighted by molar-refractivity contribution is 5.79. The highest BCUT2D eigenvalue weighted by Gasteiger charge is 2.23. The standard InChI is InChI=1S/C21H24N2O3/c1-14-8-5-6-9-16(14)13-21(3,4)23-19(24)12-17-15(2)26-20(22-17)18-10-7-11-25-18/h5-11H,12-13H2,1-4H3,(H,23,24). The van der Waals surface area contributed by atoms with Crippen LogP contribution in [0.4, 0.5) is 0 Å². The predicted octanol–water partition coefficient (Wildman–Crippen LogP) is 4.23. The molecular weight excluding hydrogens is 328 g/mol. The van der Waals surface area contributed by atoms with Crippen LogP contribution in [0.15, 0.2) is 51.5 Å². The van der Waals surface area contributed by atoms with E-state index < -0.39 is 0 Å². The van der Waals surface area contributed by atoms with Crippen molar-refractivity contribution in [1.82, 2.24) is 10.3 Å². The van der Waals surface area contributed by atoms with Crippen molar-refractivity contribution in [2.45, 2.75) is 46.1 Å². The molecule has 26 heavy (non-hydrogen) atoms. The Kier molecular flexibility index (Phi) is 4.98. The van der Waals surface area contributed by atoms with Crippen molar-refractivity contribution in [3.63, 3.8) is 0 Å². The number of aryl methyl sites for hydroxylation is 2. The second-order valence-corrected chi connectivity index (χ2v) is 7.21. The molecule has 0 fully saturated rings. The summed E-state index contributed by atoms with van der Waals surface area (Å²) in [5, 5.41) is 3.11. The molecule has 0 aliphatic rings. The lowest BCUT2D eigenvalue weighted by Crippen LogP contribution is -2.46. The van der Waals surface area contributed by atoms with Gasteiger partial charge >= 0.3 is 0 Å². The average molecular weight is 352 g/mol. The first kappa shape index (κ1) is 18.0. The normalized spacial score (nSPS) is 11.5. The zero-order chi connectivity index (χ0) is 18.7. The monoisotopic (exact) mass is 352 g/mol. The van der Waals surface area contributed by atoms with Crippen LogP contribution in [0.5, 0.6) is 0 Å². The molecule has 2 aromatic heterocycles. The number of carbonyl (C=O) groups excluding carboxylic acids is 1. The van der Waals surface area contributed by atoms with Gasteiger partial charge in [-0.2, -0.15) is 0 Å². The van der Waals surface area contributed by atoms with Gasteiger partial charge in [0.2, 0.25) is 5.91 Å². The number of hydrogen-bond donors (Lipinski definition) is 1. The number of rotatable bonds is 6. The summed E-state index contributed by atoms with van der Waals surface area (Å²) in [6.45, 7) is 7.95. The third kappa shape index (κ3) is 4.23. The van der Waals surface area contributed by atoms with Crippen molar-refractivity contribution < 1.29 is 13.6 Å². The van der Waals surface area contributed by atoms with Crippen LogP contribution in [0.3, 0.4) is 0 Å². The first-order valence-corrected chi connectivity index (χ1v) is 8.70. The fraction of sp³-hybridized carbons (Fsp3) is 0.333. The molecule has 0 atom stereocenters. The summed E-state index contributed by atoms with van der Waals surface area (Å²) >= 11 is 0. The van der Waals surface area contributed by atoms with Crippen molar-refractivity contribution in [3.05, 3.63) is 65.2 Å². The summed E-state index contributed by atoms with van der Waals surface area (Å²) in [4.78, 5) is 16.9. The second kappa shape index (κ2) is 7.20. The smallest absolute Gasteiger partial charge is 0.263 e. The molecule has 3 aromatic rings. The van der Waals surface area contributed by atoms with Gasteiger partial charge in [-0.05, 0) is 57.4 Å². The van der Waals surface area contributed by atoms with Gasteiger partial charge in [-0.15, -0.1) is 0 Å². The molecule has 0 saturated carbocycles. The minimum Gasteiger partial charge on any atom is -0.459 e. The lowest BCUT2D eigenvalue weighted by atomic mass is 9.92. The Morgan fingerprint density at radius 1 is 1.15 bits per heavy atom. The number of furan rings is 1. The molecule has 0 aliphatic carbocycles. The van der Waals surface area contributed by atoms with E-state index in [1.54, 1.807) is 25.3 Å². The van der Waals surface area contributed by atoms with E-state index in [1.807, 2.05) is 26.0 Å². The molecule has 0 bridgehead atoms. The van der Waals surface area contributed by atoms with Crippen LogP contribution in [0.2, 0.25) is 0 Å². The number of benzene rings is 1. The Bertz CT molecular complexity index is 892. The van der Waals surface area contributed by atoms with E-state index in [9.17, 15) is 4.79 Å². The predicted molar refractivity (Wildman–Crippen MR) is 99.8 cm³/mol. The van der Waals surface area contributed by atoms with Crippen molar-refractivity contribution in [2.24, 2.45) is 0 Å². The van der Waals surface area contributed by atoms with Gasteiger partial charge < -0.3 is 14.2 Å². The number of aromatic nitrogens is 1. The Labute approximate surface area is 153 Å². The third-order valence-electron chi connectivity index (χ3n) is 4.32. The Hall–Kier alpha value is -2.82. The van der Waals surface area contributed by atoms with Crippen LogP contribution in [0.25, 0.3) is 11.7 Å². The summed E-state index contributed by atoms with van der Waals surface area (Å²) < 4.78 is 10.9. The van der Waals surface area contributed by atoms with E-state index in [4.69, 9.17) is 8.83 Å². The van der Waals surface area contributed by atoms with Gasteiger partial charge in [0.1, 0.15) is 5.76 Å². The molecule has 0 unspecified atom stereocenters. The van der Waals surface area contributed by atoms with E-state index in [-0.39, 0.29) is 17.9 Å². The van der Waals surface area contributed by atoms with Crippen LogP contribution >= 0.6 is 0 Å². The van der Waals surface area contributed by atoms with E-state index in [1.165, 1.54) is 11.1 Å². The number of oxazole rings is 1. The number of nitrogens with zero attached hydrogens (tertiary/aromatic N) is 1. The lowest BCUT2D eigenvalue weighted by molar-refractivity contribution is -0.122. The fourth-order valence-electron chi connectivity index (χ4n) is 3.00. The molecule has 1 N–H and O–H groups in total. The molecule has 5 nitrogen and oxygen atoms in total. The molecule has 3 rings (SSSR count). The van der Waals surface area contributed by atoms with Gasteiger partial charge in [-0.3, -0.25) is 4.79 Å². The quantitative estimate of drug-likeness (QED) is 0.721. The largest absolute Gasteiger partial charge is 0.459 e. The van der Waals surface area contributed by atoms with Crippen LogP contribution < -0.4 is 5.32 Å². The number of nitrogens with one attached hydrogen (secondary N) is 1. The van der Waals surface area contributed by atoms with Gasteiger partial charge in [-0.25, -0.2) is 4.98 Å². The maximum absolute atomic E-state index is 12.5. The maximum atomic E-state index is 12.5. The highest BCUT2D eigenvalue weighted by Crippen LogP contribution is 2.22. The van der Waals surface area contributed by atoms with Crippen molar-refractivity contribution in [3.8, 4) is 11.7 Å². The first-order chi connectivity index (χ1) is 12.3. The molecule has 0 radical (unpaired) electrons. The van der Waals surface area contributed by atoms with Crippen LogP contribution in [0, 0.1) is 13.8 Å². The van der Waals surface area contributed by atoms with Gasteiger partial charge in [0.25, 0.3) is 5.89 Å². The highest BCUT2D eigenvalue weighted by atomic mass is 16.4. The molecule has 0 aliphatic heterocycles. The van der Waals surface area contributed by atoms with Crippen molar-refractivity contribution >= 4 is 5.91 Å². The fourth-order valence-corrected chi connectivity index (χ4v) is 3.00. The van der Waals surface area contributed by atoms with Gasteiger partial charge in [0.15, 0.2) is 5.76 Å². The maximum Gasteiger partial charge on any atom is 0.263 e. The van der Waals surface area contributed by atoms with Crippen molar-refractivity contribution in [1.29, 1.82) is 0 Å². The van der Waals surface area contributed by atoms with Crippen LogP contribution in [-0.2, 0) is 17.6 Å². The van der Waals surface area contributed by atoms with Crippen LogP contribution in [-0.4, -0.2) is 16.4 Å². The van der Waals surface area contributed by atoms with Crippen LogP contribution in [0.1, 0.15) is 36.4 Å². The van der Waals surface area contributed by atoms with E-state index >= 15 is 0 Å². The molecule has 5 heteroatoms. The Balaban J connectivity index is 1.66.